The topological polar surface area (TPSA) is 83.5 Å². The standard InChI is InChI=1S/C45H70O7Si2/c1-8-50-42-32-45(33-51-42)31-36(46)30-40-39(24-26-48-34-49-27-28-53(5,6)7)35(29-41(45)43(40)47)19-13-9-10-18-25-52-54(44(2,3)4,37-20-14-11-15-21-37)38-22-16-12-17-23-38/h11-12,14-17,20-23,29,35,39-40,42-43,47H,8-10,13,18-19,24-28,30-34H2,1-7H3/t35-,39+,40-,42?,43+,45+/m0/s1. The molecule has 300 valence electrons. The molecule has 2 bridgehead atoms. The molecule has 9 heteroatoms. The molecule has 7 nitrogen and oxygen atoms in total. The summed E-state index contributed by atoms with van der Waals surface area (Å²) in [6.07, 6.45) is 8.99. The summed E-state index contributed by atoms with van der Waals surface area (Å²) < 4.78 is 31.0. The Bertz CT molecular complexity index is 1430. The second kappa shape index (κ2) is 19.5. The lowest BCUT2D eigenvalue weighted by Crippen LogP contribution is -2.66. The molecular weight excluding hydrogens is 709 g/mol. The van der Waals surface area contributed by atoms with Crippen LogP contribution >= 0.6 is 0 Å². The number of ether oxygens (including phenoxy) is 4. The zero-order chi connectivity index (χ0) is 38.8. The minimum atomic E-state index is -2.54. The van der Waals surface area contributed by atoms with Crippen molar-refractivity contribution in [2.45, 2.75) is 129 Å². The second-order valence-electron chi connectivity index (χ2n) is 18.4. The quantitative estimate of drug-likeness (QED) is 0.0625. The monoisotopic (exact) mass is 778 g/mol. The van der Waals surface area contributed by atoms with Crippen molar-refractivity contribution in [3.8, 4) is 0 Å². The van der Waals surface area contributed by atoms with Gasteiger partial charge < -0.3 is 28.5 Å². The maximum atomic E-state index is 13.6. The van der Waals surface area contributed by atoms with E-state index in [0.717, 1.165) is 63.4 Å². The van der Waals surface area contributed by atoms with Gasteiger partial charge in [0.15, 0.2) is 6.29 Å². The highest BCUT2D eigenvalue weighted by atomic mass is 28.4. The number of rotatable bonds is 20. The Balaban J connectivity index is 1.23. The molecule has 6 atom stereocenters. The van der Waals surface area contributed by atoms with Crippen molar-refractivity contribution < 1.29 is 33.3 Å². The summed E-state index contributed by atoms with van der Waals surface area (Å²) in [6.45, 7) is 19.4. The van der Waals surface area contributed by atoms with Gasteiger partial charge in [-0.25, -0.2) is 0 Å². The van der Waals surface area contributed by atoms with E-state index in [-0.39, 0.29) is 34.9 Å². The van der Waals surface area contributed by atoms with E-state index in [1.54, 1.807) is 0 Å². The first kappa shape index (κ1) is 43.2. The number of aliphatic hydroxyl groups is 1. The number of benzene rings is 2. The Morgan fingerprint density at radius 3 is 2.15 bits per heavy atom. The van der Waals surface area contributed by atoms with Gasteiger partial charge in [-0.1, -0.05) is 126 Å². The fourth-order valence-electron chi connectivity index (χ4n) is 9.43. The number of Topliss-reactive ketones (excluding diaryl/α,β-unsaturated/α-hetero) is 1. The molecule has 54 heavy (non-hydrogen) atoms. The van der Waals surface area contributed by atoms with E-state index in [9.17, 15) is 9.90 Å². The van der Waals surface area contributed by atoms with Gasteiger partial charge in [0.25, 0.3) is 8.32 Å². The molecule has 2 aromatic carbocycles. The van der Waals surface area contributed by atoms with Crippen molar-refractivity contribution in [2.75, 3.05) is 39.8 Å². The van der Waals surface area contributed by atoms with Crippen LogP contribution in [0.3, 0.4) is 0 Å². The lowest BCUT2D eigenvalue weighted by Gasteiger charge is -2.43. The van der Waals surface area contributed by atoms with Crippen LogP contribution in [0.1, 0.15) is 85.5 Å². The molecular formula is C45H70O7Si2. The molecule has 1 aliphatic heterocycles. The van der Waals surface area contributed by atoms with E-state index in [1.165, 1.54) is 10.4 Å². The largest absolute Gasteiger partial charge is 0.407 e. The highest BCUT2D eigenvalue weighted by Crippen LogP contribution is 2.54. The third-order valence-electron chi connectivity index (χ3n) is 12.2. The first-order chi connectivity index (χ1) is 25.8. The highest BCUT2D eigenvalue weighted by molar-refractivity contribution is 6.99. The number of fused-ring (bicyclic) bond motifs is 3. The molecule has 2 aliphatic carbocycles. The maximum absolute atomic E-state index is 13.6. The van der Waals surface area contributed by atoms with E-state index in [0.29, 0.717) is 45.9 Å². The molecule has 2 fully saturated rings. The summed E-state index contributed by atoms with van der Waals surface area (Å²) in [4.78, 5) is 13.6. The Labute approximate surface area is 328 Å². The molecule has 1 N–H and O–H groups in total. The van der Waals surface area contributed by atoms with E-state index in [4.69, 9.17) is 23.4 Å². The summed E-state index contributed by atoms with van der Waals surface area (Å²) in [5.41, 5.74) is 0.545. The normalized spacial score (nSPS) is 26.3. The Morgan fingerprint density at radius 1 is 0.870 bits per heavy atom. The number of carbonyl (C=O) groups is 1. The molecule has 1 heterocycles. The molecule has 1 saturated carbocycles. The maximum Gasteiger partial charge on any atom is 0.261 e. The van der Waals surface area contributed by atoms with Gasteiger partial charge in [0.05, 0.1) is 12.7 Å². The summed E-state index contributed by atoms with van der Waals surface area (Å²) >= 11 is 0. The van der Waals surface area contributed by atoms with E-state index >= 15 is 0 Å². The van der Waals surface area contributed by atoms with E-state index < -0.39 is 27.9 Å². The van der Waals surface area contributed by atoms with E-state index in [1.807, 2.05) is 6.92 Å². The molecule has 1 unspecified atom stereocenters. The first-order valence-corrected chi connectivity index (χ1v) is 26.5. The average Bonchev–Trinajstić information content (AvgIpc) is 3.51. The highest BCUT2D eigenvalue weighted by Gasteiger charge is 2.54. The zero-order valence-electron chi connectivity index (χ0n) is 34.4. The lowest BCUT2D eigenvalue weighted by atomic mass is 9.63. The van der Waals surface area contributed by atoms with Crippen molar-refractivity contribution in [2.24, 2.45) is 23.2 Å². The van der Waals surface area contributed by atoms with Crippen molar-refractivity contribution in [3.05, 3.63) is 72.3 Å². The van der Waals surface area contributed by atoms with Crippen molar-refractivity contribution in [1.82, 2.24) is 0 Å². The van der Waals surface area contributed by atoms with Crippen LogP contribution in [0.2, 0.25) is 30.7 Å². The SMILES string of the molecule is CCOC1C[C@@]2(CO1)CC(=O)C[C@H]1[C@H](CCOCOCC[Si](C)(C)C)[C@@H](CCCCCCO[Si](c3ccccc3)(c3ccccc3)C(C)(C)C)C=C2[C@@H]1O. The van der Waals surface area contributed by atoms with Gasteiger partial charge in [0.2, 0.25) is 0 Å². The van der Waals surface area contributed by atoms with Gasteiger partial charge in [-0.05, 0) is 71.0 Å². The smallest absolute Gasteiger partial charge is 0.261 e. The van der Waals surface area contributed by atoms with Gasteiger partial charge in [0.1, 0.15) is 12.6 Å². The number of carbonyl (C=O) groups excluding carboxylic acids is 1. The molecule has 1 spiro atoms. The van der Waals surface area contributed by atoms with Gasteiger partial charge in [-0.15, -0.1) is 0 Å². The molecule has 2 aromatic rings. The molecule has 1 saturated heterocycles. The fourth-order valence-corrected chi connectivity index (χ4v) is 14.8. The number of allylic oxidation sites excluding steroid dienone is 1. The van der Waals surface area contributed by atoms with Crippen molar-refractivity contribution in [3.63, 3.8) is 0 Å². The minimum absolute atomic E-state index is 0.0316. The number of hydrogen-bond donors (Lipinski definition) is 1. The minimum Gasteiger partial charge on any atom is -0.407 e. The number of hydrogen-bond acceptors (Lipinski definition) is 7. The lowest BCUT2D eigenvalue weighted by molar-refractivity contribution is -0.122. The first-order valence-electron chi connectivity index (χ1n) is 20.9. The van der Waals surface area contributed by atoms with E-state index in [2.05, 4.69) is 107 Å². The van der Waals surface area contributed by atoms with Crippen LogP contribution in [0.4, 0.5) is 0 Å². The van der Waals surface area contributed by atoms with Crippen molar-refractivity contribution in [1.29, 1.82) is 0 Å². The van der Waals surface area contributed by atoms with Gasteiger partial charge >= 0.3 is 0 Å². The predicted octanol–water partition coefficient (Wildman–Crippen LogP) is 8.51. The van der Waals surface area contributed by atoms with Gasteiger partial charge in [0, 0.05) is 59.2 Å². The number of unbranched alkanes of at least 4 members (excludes halogenated alkanes) is 3. The number of aliphatic hydroxyl groups excluding tert-OH is 1. The molecule has 0 aromatic heterocycles. The van der Waals surface area contributed by atoms with Crippen LogP contribution in [0.15, 0.2) is 72.3 Å². The molecule has 0 radical (unpaired) electrons. The average molecular weight is 779 g/mol. The van der Waals surface area contributed by atoms with Crippen LogP contribution in [0.5, 0.6) is 0 Å². The Kier molecular flexibility index (Phi) is 15.6. The van der Waals surface area contributed by atoms with Crippen LogP contribution in [0, 0.1) is 23.2 Å². The molecule has 5 rings (SSSR count). The van der Waals surface area contributed by atoms with Crippen molar-refractivity contribution >= 4 is 32.5 Å². The third kappa shape index (κ3) is 10.7. The fraction of sp³-hybridized carbons (Fsp3) is 0.667. The van der Waals surface area contributed by atoms with Crippen LogP contribution in [0.25, 0.3) is 0 Å². The Hall–Kier alpha value is -1.96. The summed E-state index contributed by atoms with van der Waals surface area (Å²) in [5.74, 6) is 0.565. The zero-order valence-corrected chi connectivity index (χ0v) is 36.4. The molecule has 3 aliphatic rings. The summed E-state index contributed by atoms with van der Waals surface area (Å²) in [6, 6.07) is 22.9. The van der Waals surface area contributed by atoms with Gasteiger partial charge in [-0.3, -0.25) is 4.79 Å². The predicted molar refractivity (Wildman–Crippen MR) is 223 cm³/mol. The number of ketones is 1. The van der Waals surface area contributed by atoms with Crippen LogP contribution in [-0.4, -0.2) is 79.5 Å². The summed E-state index contributed by atoms with van der Waals surface area (Å²) in [7, 11) is -3.69. The Morgan fingerprint density at radius 2 is 1.52 bits per heavy atom. The van der Waals surface area contributed by atoms with Crippen LogP contribution < -0.4 is 10.4 Å². The van der Waals surface area contributed by atoms with Gasteiger partial charge in [-0.2, -0.15) is 0 Å². The summed E-state index contributed by atoms with van der Waals surface area (Å²) in [5, 5.41) is 14.5. The van der Waals surface area contributed by atoms with Crippen LogP contribution in [-0.2, 0) is 28.2 Å². The molecule has 0 amide bonds. The third-order valence-corrected chi connectivity index (χ3v) is 19.0. The second-order valence-corrected chi connectivity index (χ2v) is 28.3.